The molecule has 2 rings (SSSR count). The molecule has 1 amide bonds. The summed E-state index contributed by atoms with van der Waals surface area (Å²) in [5, 5.41) is 2.79. The van der Waals surface area contributed by atoms with E-state index in [-0.39, 0.29) is 5.91 Å². The van der Waals surface area contributed by atoms with Crippen LogP contribution in [-0.2, 0) is 0 Å². The van der Waals surface area contributed by atoms with Gasteiger partial charge in [-0.05, 0) is 38.0 Å². The van der Waals surface area contributed by atoms with Gasteiger partial charge in [0.2, 0.25) is 0 Å². The van der Waals surface area contributed by atoms with Crippen LogP contribution < -0.4 is 16.0 Å². The molecular weight excluding hydrogens is 214 g/mol. The molecule has 1 aromatic carbocycles. The Morgan fingerprint density at radius 1 is 1.53 bits per heavy atom. The highest BCUT2D eigenvalue weighted by Crippen LogP contribution is 2.33. The number of nitrogens with two attached hydrogens (primary N) is 1. The third kappa shape index (κ3) is 2.52. The largest absolute Gasteiger partial charge is 0.397 e. The van der Waals surface area contributed by atoms with Crippen LogP contribution in [0.5, 0.6) is 0 Å². The van der Waals surface area contributed by atoms with Gasteiger partial charge in [0.25, 0.3) is 5.91 Å². The van der Waals surface area contributed by atoms with Crippen LogP contribution in [-0.4, -0.2) is 25.5 Å². The molecule has 1 fully saturated rings. The second-order valence-corrected chi connectivity index (χ2v) is 4.48. The number of nitrogens with zero attached hydrogens (tertiary/aromatic N) is 1. The first-order valence-electron chi connectivity index (χ1n) is 6.04. The molecule has 0 aliphatic heterocycles. The Kier molecular flexibility index (Phi) is 3.22. The molecule has 1 saturated carbocycles. The molecule has 4 nitrogen and oxygen atoms in total. The molecule has 3 N–H and O–H groups in total. The Bertz CT molecular complexity index is 427. The Hall–Kier alpha value is -1.71. The van der Waals surface area contributed by atoms with Crippen LogP contribution in [0.15, 0.2) is 18.2 Å². The van der Waals surface area contributed by atoms with Crippen LogP contribution in [0.25, 0.3) is 0 Å². The Balaban J connectivity index is 2.25. The van der Waals surface area contributed by atoms with E-state index in [0.29, 0.717) is 18.2 Å². The molecule has 1 aliphatic carbocycles. The molecule has 4 heteroatoms. The minimum atomic E-state index is -0.0436. The standard InChI is InChI=1S/C13H19N3O/c1-3-15-13(17)9-4-7-11(14)12(8-9)16(2)10-5-6-10/h4,7-8,10H,3,5-6,14H2,1-2H3,(H,15,17). The fourth-order valence-corrected chi connectivity index (χ4v) is 1.91. The van der Waals surface area contributed by atoms with Crippen LogP contribution in [0.4, 0.5) is 11.4 Å². The molecule has 0 atom stereocenters. The number of nitrogen functional groups attached to an aromatic ring is 1. The average Bonchev–Trinajstić information content (AvgIpc) is 3.13. The van der Waals surface area contributed by atoms with E-state index in [4.69, 9.17) is 5.73 Å². The smallest absolute Gasteiger partial charge is 0.251 e. The highest BCUT2D eigenvalue weighted by Gasteiger charge is 2.27. The van der Waals surface area contributed by atoms with Gasteiger partial charge >= 0.3 is 0 Å². The van der Waals surface area contributed by atoms with Gasteiger partial charge in [-0.3, -0.25) is 4.79 Å². The van der Waals surface area contributed by atoms with Crippen LogP contribution >= 0.6 is 0 Å². The maximum Gasteiger partial charge on any atom is 0.251 e. The normalized spacial score (nSPS) is 14.5. The first kappa shape index (κ1) is 11.8. The van der Waals surface area contributed by atoms with Crippen LogP contribution in [0, 0.1) is 0 Å². The van der Waals surface area contributed by atoms with Crippen molar-refractivity contribution in [2.75, 3.05) is 24.2 Å². The molecule has 0 heterocycles. The lowest BCUT2D eigenvalue weighted by molar-refractivity contribution is 0.0956. The number of hydrogen-bond donors (Lipinski definition) is 2. The van der Waals surface area contributed by atoms with E-state index in [1.165, 1.54) is 12.8 Å². The summed E-state index contributed by atoms with van der Waals surface area (Å²) in [5.41, 5.74) is 8.31. The first-order valence-corrected chi connectivity index (χ1v) is 6.04. The first-order chi connectivity index (χ1) is 8.13. The summed E-state index contributed by atoms with van der Waals surface area (Å²) >= 11 is 0. The lowest BCUT2D eigenvalue weighted by atomic mass is 10.1. The van der Waals surface area contributed by atoms with Gasteiger partial charge in [-0.25, -0.2) is 0 Å². The maximum atomic E-state index is 11.7. The van der Waals surface area contributed by atoms with Gasteiger partial charge in [-0.15, -0.1) is 0 Å². The Labute approximate surface area is 102 Å². The number of rotatable bonds is 4. The summed E-state index contributed by atoms with van der Waals surface area (Å²) in [4.78, 5) is 13.9. The van der Waals surface area contributed by atoms with Gasteiger partial charge in [0.05, 0.1) is 11.4 Å². The average molecular weight is 233 g/mol. The minimum Gasteiger partial charge on any atom is -0.397 e. The molecule has 1 aliphatic rings. The molecule has 0 radical (unpaired) electrons. The van der Waals surface area contributed by atoms with Crippen LogP contribution in [0.1, 0.15) is 30.1 Å². The molecule has 0 unspecified atom stereocenters. The van der Waals surface area contributed by atoms with Crippen molar-refractivity contribution in [2.24, 2.45) is 0 Å². The lowest BCUT2D eigenvalue weighted by Gasteiger charge is -2.21. The quantitative estimate of drug-likeness (QED) is 0.777. The van der Waals surface area contributed by atoms with E-state index in [1.807, 2.05) is 20.0 Å². The fourth-order valence-electron chi connectivity index (χ4n) is 1.91. The zero-order chi connectivity index (χ0) is 12.4. The summed E-state index contributed by atoms with van der Waals surface area (Å²) in [5.74, 6) is -0.0436. The predicted molar refractivity (Wildman–Crippen MR) is 70.3 cm³/mol. The summed E-state index contributed by atoms with van der Waals surface area (Å²) in [6.45, 7) is 2.55. The van der Waals surface area contributed by atoms with Gasteiger partial charge in [-0.1, -0.05) is 0 Å². The number of carbonyl (C=O) groups excluding carboxylic acids is 1. The maximum absolute atomic E-state index is 11.7. The fraction of sp³-hybridized carbons (Fsp3) is 0.462. The Morgan fingerprint density at radius 2 is 2.24 bits per heavy atom. The van der Waals surface area contributed by atoms with E-state index < -0.39 is 0 Å². The molecule has 1 aromatic rings. The van der Waals surface area contributed by atoms with Crippen molar-refractivity contribution in [1.29, 1.82) is 0 Å². The number of carbonyl (C=O) groups is 1. The molecule has 0 saturated heterocycles. The predicted octanol–water partition coefficient (Wildman–Crippen LogP) is 1.62. The summed E-state index contributed by atoms with van der Waals surface area (Å²) in [6, 6.07) is 6.03. The molecule has 0 aromatic heterocycles. The second kappa shape index (κ2) is 4.65. The van der Waals surface area contributed by atoms with E-state index in [9.17, 15) is 4.79 Å². The lowest BCUT2D eigenvalue weighted by Crippen LogP contribution is -2.24. The van der Waals surface area contributed by atoms with Crippen molar-refractivity contribution in [3.05, 3.63) is 23.8 Å². The topological polar surface area (TPSA) is 58.4 Å². The van der Waals surface area contributed by atoms with E-state index >= 15 is 0 Å². The second-order valence-electron chi connectivity index (χ2n) is 4.48. The highest BCUT2D eigenvalue weighted by atomic mass is 16.1. The number of amides is 1. The van der Waals surface area contributed by atoms with Crippen molar-refractivity contribution in [2.45, 2.75) is 25.8 Å². The Morgan fingerprint density at radius 3 is 2.82 bits per heavy atom. The zero-order valence-electron chi connectivity index (χ0n) is 10.4. The molecule has 0 spiro atoms. The molecule has 0 bridgehead atoms. The van der Waals surface area contributed by atoms with Crippen molar-refractivity contribution >= 4 is 17.3 Å². The molecule has 17 heavy (non-hydrogen) atoms. The minimum absolute atomic E-state index is 0.0436. The summed E-state index contributed by atoms with van der Waals surface area (Å²) in [7, 11) is 2.03. The highest BCUT2D eigenvalue weighted by molar-refractivity contribution is 5.96. The van der Waals surface area contributed by atoms with Gasteiger partial charge in [-0.2, -0.15) is 0 Å². The van der Waals surface area contributed by atoms with Crippen molar-refractivity contribution in [3.63, 3.8) is 0 Å². The van der Waals surface area contributed by atoms with Gasteiger partial charge < -0.3 is 16.0 Å². The van der Waals surface area contributed by atoms with Crippen molar-refractivity contribution in [1.82, 2.24) is 5.32 Å². The summed E-state index contributed by atoms with van der Waals surface area (Å²) < 4.78 is 0. The number of nitrogens with one attached hydrogen (secondary N) is 1. The summed E-state index contributed by atoms with van der Waals surface area (Å²) in [6.07, 6.45) is 2.42. The number of anilines is 2. The van der Waals surface area contributed by atoms with E-state index in [2.05, 4.69) is 10.2 Å². The zero-order valence-corrected chi connectivity index (χ0v) is 10.4. The number of benzene rings is 1. The van der Waals surface area contributed by atoms with E-state index in [0.717, 1.165) is 11.4 Å². The third-order valence-electron chi connectivity index (χ3n) is 3.10. The van der Waals surface area contributed by atoms with Crippen molar-refractivity contribution in [3.8, 4) is 0 Å². The molecular formula is C13H19N3O. The van der Waals surface area contributed by atoms with Gasteiger partial charge in [0.15, 0.2) is 0 Å². The SMILES string of the molecule is CCNC(=O)c1ccc(N)c(N(C)C2CC2)c1. The van der Waals surface area contributed by atoms with Gasteiger partial charge in [0.1, 0.15) is 0 Å². The number of hydrogen-bond acceptors (Lipinski definition) is 3. The molecule has 92 valence electrons. The van der Waals surface area contributed by atoms with Crippen LogP contribution in [0.3, 0.4) is 0 Å². The third-order valence-corrected chi connectivity index (χ3v) is 3.10. The van der Waals surface area contributed by atoms with Crippen molar-refractivity contribution < 1.29 is 4.79 Å². The monoisotopic (exact) mass is 233 g/mol. The van der Waals surface area contributed by atoms with Crippen LogP contribution in [0.2, 0.25) is 0 Å². The van der Waals surface area contributed by atoms with Gasteiger partial charge in [0, 0.05) is 25.2 Å². The van der Waals surface area contributed by atoms with E-state index in [1.54, 1.807) is 12.1 Å².